The van der Waals surface area contributed by atoms with Gasteiger partial charge in [-0.05, 0) is 38.5 Å². The van der Waals surface area contributed by atoms with Crippen LogP contribution in [0.3, 0.4) is 0 Å². The van der Waals surface area contributed by atoms with Crippen LogP contribution in [-0.2, 0) is 18.4 Å². The Morgan fingerprint density at radius 1 is 0.723 bits per heavy atom. The molecule has 0 aliphatic heterocycles. The van der Waals surface area contributed by atoms with E-state index in [4.69, 9.17) is 9.05 Å². The molecule has 3 unspecified atom stereocenters. The highest BCUT2D eigenvalue weighted by molar-refractivity contribution is 7.47. The number of allylic oxidation sites excluding steroid dienone is 5. The van der Waals surface area contributed by atoms with Crippen LogP contribution in [-0.4, -0.2) is 73.4 Å². The quantitative estimate of drug-likeness (QED) is 0.0275. The minimum Gasteiger partial charge on any atom is -0.387 e. The smallest absolute Gasteiger partial charge is 0.387 e. The fraction of sp³-hybridized carbons (Fsp3) is 0.816. The lowest BCUT2D eigenvalue weighted by atomic mass is 10.0. The third-order valence-electron chi connectivity index (χ3n) is 8.10. The molecule has 0 aromatic heterocycles. The first kappa shape index (κ1) is 45.7. The molecule has 8 nitrogen and oxygen atoms in total. The first-order valence-corrected chi connectivity index (χ1v) is 20.4. The molecule has 0 fully saturated rings. The van der Waals surface area contributed by atoms with Crippen LogP contribution in [0.25, 0.3) is 0 Å². The maximum atomic E-state index is 12.8. The van der Waals surface area contributed by atoms with Crippen molar-refractivity contribution >= 4 is 13.7 Å². The summed E-state index contributed by atoms with van der Waals surface area (Å²) in [7, 11) is 1.54. The van der Waals surface area contributed by atoms with Gasteiger partial charge in [-0.2, -0.15) is 0 Å². The van der Waals surface area contributed by atoms with Gasteiger partial charge in [-0.3, -0.25) is 13.8 Å². The number of rotatable bonds is 33. The Labute approximate surface area is 289 Å². The summed E-state index contributed by atoms with van der Waals surface area (Å²) in [6.07, 6.45) is 35.0. The first-order valence-electron chi connectivity index (χ1n) is 18.9. The van der Waals surface area contributed by atoms with Gasteiger partial charge in [0.2, 0.25) is 5.91 Å². The van der Waals surface area contributed by atoms with Crippen molar-refractivity contribution in [3.63, 3.8) is 0 Å². The first-order chi connectivity index (χ1) is 22.5. The third kappa shape index (κ3) is 33.0. The van der Waals surface area contributed by atoms with Gasteiger partial charge in [-0.1, -0.05) is 140 Å². The van der Waals surface area contributed by atoms with E-state index in [1.54, 1.807) is 6.08 Å². The van der Waals surface area contributed by atoms with Gasteiger partial charge in [0.15, 0.2) is 0 Å². The highest BCUT2D eigenvalue weighted by Crippen LogP contribution is 2.43. The van der Waals surface area contributed by atoms with Gasteiger partial charge in [0.25, 0.3) is 0 Å². The highest BCUT2D eigenvalue weighted by atomic mass is 31.2. The van der Waals surface area contributed by atoms with Crippen LogP contribution >= 0.6 is 7.82 Å². The Morgan fingerprint density at radius 2 is 1.19 bits per heavy atom. The van der Waals surface area contributed by atoms with Crippen molar-refractivity contribution in [1.82, 2.24) is 5.32 Å². The molecule has 0 heterocycles. The summed E-state index contributed by atoms with van der Waals surface area (Å²) in [5, 5.41) is 13.7. The number of aliphatic hydroxyl groups is 1. The molecule has 276 valence electrons. The summed E-state index contributed by atoms with van der Waals surface area (Å²) < 4.78 is 23.4. The number of carbonyl (C=O) groups excluding carboxylic acids is 1. The molecule has 47 heavy (non-hydrogen) atoms. The number of hydrogen-bond donors (Lipinski definition) is 3. The lowest BCUT2D eigenvalue weighted by molar-refractivity contribution is -0.870. The minimum absolute atomic E-state index is 0.0539. The van der Waals surface area contributed by atoms with Gasteiger partial charge in [-0.25, -0.2) is 4.57 Å². The summed E-state index contributed by atoms with van der Waals surface area (Å²) in [6, 6.07) is -0.863. The second-order valence-corrected chi connectivity index (χ2v) is 15.4. The molecule has 0 saturated carbocycles. The van der Waals surface area contributed by atoms with Crippen LogP contribution in [0.15, 0.2) is 36.5 Å². The number of phosphoric acid groups is 1. The number of quaternary nitrogens is 1. The average Bonchev–Trinajstić information content (AvgIpc) is 3.01. The molecule has 0 radical (unpaired) electrons. The number of unbranched alkanes of at least 4 members (excludes halogenated alkanes) is 16. The van der Waals surface area contributed by atoms with E-state index in [0.29, 0.717) is 17.4 Å². The van der Waals surface area contributed by atoms with Crippen molar-refractivity contribution in [2.24, 2.45) is 0 Å². The standard InChI is InChI=1S/C38H73N2O6P/c1-6-8-10-12-14-16-18-19-20-21-22-24-26-28-30-32-38(42)39-36(35-46-47(43,44)45-34-33-40(3,4)5)37(41)31-29-27-25-23-17-15-13-11-9-7-2/h9,11,17,23,29,31,36-37,41H,6-8,10,12-16,18-22,24-28,30,32-35H2,1-5H3,(H-,39,42,43,44)/p+1/b11-9+,23-17+,31-29+. The number of nitrogens with zero attached hydrogens (tertiary/aromatic N) is 1. The predicted octanol–water partition coefficient (Wildman–Crippen LogP) is 9.57. The molecule has 0 rings (SSSR count). The van der Waals surface area contributed by atoms with Crippen LogP contribution in [0.2, 0.25) is 0 Å². The number of amides is 1. The van der Waals surface area contributed by atoms with Gasteiger partial charge >= 0.3 is 7.82 Å². The van der Waals surface area contributed by atoms with E-state index in [1.165, 1.54) is 77.0 Å². The largest absolute Gasteiger partial charge is 0.472 e. The van der Waals surface area contributed by atoms with Crippen LogP contribution in [0.5, 0.6) is 0 Å². The fourth-order valence-corrected chi connectivity index (χ4v) is 5.81. The van der Waals surface area contributed by atoms with E-state index in [9.17, 15) is 19.4 Å². The van der Waals surface area contributed by atoms with Crippen molar-refractivity contribution in [1.29, 1.82) is 0 Å². The molecule has 0 aromatic carbocycles. The Morgan fingerprint density at radius 3 is 1.68 bits per heavy atom. The van der Waals surface area contributed by atoms with E-state index >= 15 is 0 Å². The summed E-state index contributed by atoms with van der Waals surface area (Å²) in [6.45, 7) is 4.64. The number of carbonyl (C=O) groups is 1. The fourth-order valence-electron chi connectivity index (χ4n) is 5.08. The van der Waals surface area contributed by atoms with Crippen LogP contribution < -0.4 is 5.32 Å². The Kier molecular flexibility index (Phi) is 29.9. The minimum atomic E-state index is -4.33. The molecular weight excluding hydrogens is 611 g/mol. The Hall–Kier alpha value is -1.28. The van der Waals surface area contributed by atoms with Crippen molar-refractivity contribution in [3.05, 3.63) is 36.5 Å². The zero-order chi connectivity index (χ0) is 35.1. The van der Waals surface area contributed by atoms with Crippen molar-refractivity contribution in [2.45, 2.75) is 161 Å². The second-order valence-electron chi connectivity index (χ2n) is 13.9. The number of hydrogen-bond acceptors (Lipinski definition) is 5. The Bertz CT molecular complexity index is 871. The summed E-state index contributed by atoms with van der Waals surface area (Å²) >= 11 is 0. The molecule has 1 amide bonds. The van der Waals surface area contributed by atoms with Gasteiger partial charge in [0.1, 0.15) is 13.2 Å². The van der Waals surface area contributed by atoms with Crippen LogP contribution in [0, 0.1) is 0 Å². The second kappa shape index (κ2) is 30.8. The van der Waals surface area contributed by atoms with Gasteiger partial charge in [0.05, 0.1) is 39.9 Å². The normalized spacial score (nSPS) is 15.1. The number of nitrogens with one attached hydrogen (secondary N) is 1. The van der Waals surface area contributed by atoms with Crippen molar-refractivity contribution in [3.8, 4) is 0 Å². The predicted molar refractivity (Wildman–Crippen MR) is 198 cm³/mol. The molecule has 0 spiro atoms. The zero-order valence-corrected chi connectivity index (χ0v) is 31.9. The summed E-state index contributed by atoms with van der Waals surface area (Å²) in [5.41, 5.74) is 0. The number of likely N-dealkylation sites (N-methyl/N-ethyl adjacent to an activating group) is 1. The molecular formula is C38H74N2O6P+. The Balaban J connectivity index is 4.52. The molecule has 0 aromatic rings. The summed E-state index contributed by atoms with van der Waals surface area (Å²) in [4.78, 5) is 22.9. The topological polar surface area (TPSA) is 105 Å². The third-order valence-corrected chi connectivity index (χ3v) is 9.09. The monoisotopic (exact) mass is 686 g/mol. The zero-order valence-electron chi connectivity index (χ0n) is 31.0. The van der Waals surface area contributed by atoms with E-state index in [2.05, 4.69) is 43.5 Å². The molecule has 3 atom stereocenters. The van der Waals surface area contributed by atoms with Gasteiger partial charge in [-0.15, -0.1) is 0 Å². The van der Waals surface area contributed by atoms with Gasteiger partial charge < -0.3 is 19.8 Å². The SMILES string of the molecule is CC/C=C/CC/C=C/CC/C=C/C(O)C(COP(=O)(O)OCC[N+](C)(C)C)NC(=O)CCCCCCCCCCCCCCCCC. The maximum absolute atomic E-state index is 12.8. The van der Waals surface area contributed by atoms with Crippen molar-refractivity contribution in [2.75, 3.05) is 40.9 Å². The van der Waals surface area contributed by atoms with E-state index in [1.807, 2.05) is 27.2 Å². The van der Waals surface area contributed by atoms with Crippen LogP contribution in [0.1, 0.15) is 149 Å². The molecule has 9 heteroatoms. The van der Waals surface area contributed by atoms with E-state index in [-0.39, 0.29) is 19.1 Å². The van der Waals surface area contributed by atoms with E-state index in [0.717, 1.165) is 51.4 Å². The molecule has 0 saturated heterocycles. The van der Waals surface area contributed by atoms with Gasteiger partial charge in [0, 0.05) is 6.42 Å². The highest BCUT2D eigenvalue weighted by Gasteiger charge is 2.27. The average molecular weight is 686 g/mol. The molecule has 0 bridgehead atoms. The lowest BCUT2D eigenvalue weighted by Gasteiger charge is -2.25. The molecule has 0 aliphatic rings. The molecule has 3 N–H and O–H groups in total. The maximum Gasteiger partial charge on any atom is 0.472 e. The lowest BCUT2D eigenvalue weighted by Crippen LogP contribution is -2.45. The van der Waals surface area contributed by atoms with E-state index < -0.39 is 20.0 Å². The summed E-state index contributed by atoms with van der Waals surface area (Å²) in [5.74, 6) is -0.195. The van der Waals surface area contributed by atoms with Crippen LogP contribution in [0.4, 0.5) is 0 Å². The molecule has 0 aliphatic carbocycles. The number of aliphatic hydroxyl groups excluding tert-OH is 1. The number of phosphoric ester groups is 1. The van der Waals surface area contributed by atoms with Crippen molar-refractivity contribution < 1.29 is 32.9 Å².